The van der Waals surface area contributed by atoms with Gasteiger partial charge in [-0.2, -0.15) is 0 Å². The molecule has 3 heteroatoms. The van der Waals surface area contributed by atoms with Crippen molar-refractivity contribution in [2.45, 2.75) is 5.92 Å². The van der Waals surface area contributed by atoms with Gasteiger partial charge in [-0.15, -0.1) is 0 Å². The summed E-state index contributed by atoms with van der Waals surface area (Å²) in [5, 5.41) is 2.89. The number of rotatable bonds is 2. The number of carbonyl (C=O) groups excluding carboxylic acids is 1. The van der Waals surface area contributed by atoms with Crippen molar-refractivity contribution in [3.8, 4) is 11.1 Å². The molecule has 1 aliphatic rings. The molecule has 23 heavy (non-hydrogen) atoms. The van der Waals surface area contributed by atoms with Crippen molar-refractivity contribution >= 4 is 11.6 Å². The van der Waals surface area contributed by atoms with Crippen molar-refractivity contribution in [3.05, 3.63) is 89.7 Å². The number of fused-ring (bicyclic) bond motifs is 3. The van der Waals surface area contributed by atoms with E-state index in [0.29, 0.717) is 5.69 Å². The topological polar surface area (TPSA) is 29.1 Å². The fourth-order valence-corrected chi connectivity index (χ4v) is 3.19. The van der Waals surface area contributed by atoms with Crippen LogP contribution in [0.15, 0.2) is 72.8 Å². The second-order valence-electron chi connectivity index (χ2n) is 5.60. The normalized spacial score (nSPS) is 12.6. The van der Waals surface area contributed by atoms with Gasteiger partial charge in [0.15, 0.2) is 0 Å². The van der Waals surface area contributed by atoms with Crippen LogP contribution in [0.1, 0.15) is 17.0 Å². The molecule has 0 heterocycles. The molecule has 0 aromatic heterocycles. The highest BCUT2D eigenvalue weighted by Gasteiger charge is 2.33. The SMILES string of the molecule is O=C(Nc1ccc(F)cc1)C1c2ccccc2-c2ccccc21. The number of hydrogen-bond acceptors (Lipinski definition) is 1. The minimum atomic E-state index is -0.340. The van der Waals surface area contributed by atoms with Gasteiger partial charge in [0.2, 0.25) is 5.91 Å². The molecule has 4 rings (SSSR count). The summed E-state index contributed by atoms with van der Waals surface area (Å²) in [4.78, 5) is 12.8. The highest BCUT2D eigenvalue weighted by Crippen LogP contribution is 2.44. The van der Waals surface area contributed by atoms with E-state index in [1.165, 1.54) is 12.1 Å². The van der Waals surface area contributed by atoms with E-state index in [1.807, 2.05) is 48.5 Å². The van der Waals surface area contributed by atoms with Crippen molar-refractivity contribution in [3.63, 3.8) is 0 Å². The Kier molecular flexibility index (Phi) is 3.19. The summed E-state index contributed by atoms with van der Waals surface area (Å²) in [6, 6.07) is 21.7. The number of benzene rings is 3. The first kappa shape index (κ1) is 13.7. The van der Waals surface area contributed by atoms with E-state index in [9.17, 15) is 9.18 Å². The predicted molar refractivity (Wildman–Crippen MR) is 88.8 cm³/mol. The monoisotopic (exact) mass is 303 g/mol. The van der Waals surface area contributed by atoms with Gasteiger partial charge in [-0.3, -0.25) is 4.79 Å². The van der Waals surface area contributed by atoms with Crippen molar-refractivity contribution < 1.29 is 9.18 Å². The maximum absolute atomic E-state index is 13.0. The fourth-order valence-electron chi connectivity index (χ4n) is 3.19. The van der Waals surface area contributed by atoms with Crippen LogP contribution < -0.4 is 5.32 Å². The molecular formula is C20H14FNO. The van der Waals surface area contributed by atoms with Gasteiger partial charge in [0.25, 0.3) is 0 Å². The molecule has 0 bridgehead atoms. The molecule has 0 saturated heterocycles. The summed E-state index contributed by atoms with van der Waals surface area (Å²) >= 11 is 0. The lowest BCUT2D eigenvalue weighted by atomic mass is 9.96. The Morgan fingerprint density at radius 3 is 1.87 bits per heavy atom. The van der Waals surface area contributed by atoms with Crippen molar-refractivity contribution in [1.82, 2.24) is 0 Å². The van der Waals surface area contributed by atoms with Crippen LogP contribution in [-0.4, -0.2) is 5.91 Å². The summed E-state index contributed by atoms with van der Waals surface area (Å²) in [5.41, 5.74) is 4.81. The summed E-state index contributed by atoms with van der Waals surface area (Å²) in [5.74, 6) is -0.763. The van der Waals surface area contributed by atoms with Crippen LogP contribution >= 0.6 is 0 Å². The van der Waals surface area contributed by atoms with Crippen molar-refractivity contribution in [2.75, 3.05) is 5.32 Å². The number of carbonyl (C=O) groups is 1. The number of amides is 1. The Labute approximate surface area is 133 Å². The van der Waals surface area contributed by atoms with Crippen LogP contribution in [0.3, 0.4) is 0 Å². The van der Waals surface area contributed by atoms with Gasteiger partial charge in [0.1, 0.15) is 5.82 Å². The Hall–Kier alpha value is -2.94. The largest absolute Gasteiger partial charge is 0.325 e. The van der Waals surface area contributed by atoms with Gasteiger partial charge < -0.3 is 5.32 Å². The van der Waals surface area contributed by atoms with E-state index >= 15 is 0 Å². The lowest BCUT2D eigenvalue weighted by molar-refractivity contribution is -0.116. The van der Waals surface area contributed by atoms with E-state index in [4.69, 9.17) is 0 Å². The molecule has 0 atom stereocenters. The standard InChI is InChI=1S/C20H14FNO/c21-13-9-11-14(12-10-13)22-20(23)19-17-7-3-1-5-15(17)16-6-2-4-8-18(16)19/h1-12,19H,(H,22,23). The minimum absolute atomic E-state index is 0.103. The molecule has 1 aliphatic carbocycles. The highest BCUT2D eigenvalue weighted by atomic mass is 19.1. The quantitative estimate of drug-likeness (QED) is 0.738. The van der Waals surface area contributed by atoms with Gasteiger partial charge in [-0.25, -0.2) is 4.39 Å². The van der Waals surface area contributed by atoms with Crippen LogP contribution in [0.4, 0.5) is 10.1 Å². The summed E-state index contributed by atoms with van der Waals surface area (Å²) < 4.78 is 13.0. The zero-order chi connectivity index (χ0) is 15.8. The van der Waals surface area contributed by atoms with Crippen LogP contribution in [-0.2, 0) is 4.79 Å². The molecule has 3 aromatic carbocycles. The first-order chi connectivity index (χ1) is 11.2. The molecule has 1 N–H and O–H groups in total. The Morgan fingerprint density at radius 2 is 1.30 bits per heavy atom. The van der Waals surface area contributed by atoms with Crippen LogP contribution in [0.25, 0.3) is 11.1 Å². The average molecular weight is 303 g/mol. The number of hydrogen-bond donors (Lipinski definition) is 1. The summed E-state index contributed by atoms with van der Waals surface area (Å²) in [6.07, 6.45) is 0. The zero-order valence-electron chi connectivity index (χ0n) is 12.3. The maximum atomic E-state index is 13.0. The third kappa shape index (κ3) is 2.30. The van der Waals surface area contributed by atoms with E-state index in [0.717, 1.165) is 22.3 Å². The van der Waals surface area contributed by atoms with E-state index in [2.05, 4.69) is 5.32 Å². The third-order valence-corrected chi connectivity index (χ3v) is 4.21. The molecule has 3 aromatic rings. The molecule has 0 spiro atoms. The van der Waals surface area contributed by atoms with Gasteiger partial charge in [0.05, 0.1) is 5.92 Å². The van der Waals surface area contributed by atoms with Gasteiger partial charge in [0, 0.05) is 5.69 Å². The summed E-state index contributed by atoms with van der Waals surface area (Å²) in [6.45, 7) is 0. The molecule has 0 aliphatic heterocycles. The Morgan fingerprint density at radius 1 is 0.783 bits per heavy atom. The second-order valence-corrected chi connectivity index (χ2v) is 5.60. The number of anilines is 1. The second kappa shape index (κ2) is 5.36. The molecule has 1 amide bonds. The predicted octanol–water partition coefficient (Wildman–Crippen LogP) is 4.58. The van der Waals surface area contributed by atoms with Crippen LogP contribution in [0.5, 0.6) is 0 Å². The zero-order valence-corrected chi connectivity index (χ0v) is 12.3. The van der Waals surface area contributed by atoms with Gasteiger partial charge in [-0.05, 0) is 46.5 Å². The maximum Gasteiger partial charge on any atom is 0.236 e. The van der Waals surface area contributed by atoms with Crippen molar-refractivity contribution in [1.29, 1.82) is 0 Å². The van der Waals surface area contributed by atoms with E-state index in [-0.39, 0.29) is 17.6 Å². The summed E-state index contributed by atoms with van der Waals surface area (Å²) in [7, 11) is 0. The highest BCUT2D eigenvalue weighted by molar-refractivity contribution is 6.03. The lowest BCUT2D eigenvalue weighted by Crippen LogP contribution is -2.20. The Balaban J connectivity index is 1.73. The van der Waals surface area contributed by atoms with E-state index < -0.39 is 0 Å². The first-order valence-corrected chi connectivity index (χ1v) is 7.49. The number of halogens is 1. The van der Waals surface area contributed by atoms with Gasteiger partial charge >= 0.3 is 0 Å². The molecule has 0 fully saturated rings. The third-order valence-electron chi connectivity index (χ3n) is 4.21. The first-order valence-electron chi connectivity index (χ1n) is 7.49. The van der Waals surface area contributed by atoms with Crippen LogP contribution in [0.2, 0.25) is 0 Å². The minimum Gasteiger partial charge on any atom is -0.325 e. The average Bonchev–Trinajstić information content (AvgIpc) is 2.91. The lowest BCUT2D eigenvalue weighted by Gasteiger charge is -2.14. The Bertz CT molecular complexity index is 841. The number of nitrogens with one attached hydrogen (secondary N) is 1. The smallest absolute Gasteiger partial charge is 0.236 e. The van der Waals surface area contributed by atoms with Crippen LogP contribution in [0, 0.1) is 5.82 Å². The molecular weight excluding hydrogens is 289 g/mol. The molecule has 2 nitrogen and oxygen atoms in total. The van der Waals surface area contributed by atoms with Crippen molar-refractivity contribution in [2.24, 2.45) is 0 Å². The fraction of sp³-hybridized carbons (Fsp3) is 0.0500. The molecule has 112 valence electrons. The van der Waals surface area contributed by atoms with E-state index in [1.54, 1.807) is 12.1 Å². The molecule has 0 radical (unpaired) electrons. The molecule has 0 saturated carbocycles. The molecule has 0 unspecified atom stereocenters. The van der Waals surface area contributed by atoms with Gasteiger partial charge in [-0.1, -0.05) is 48.5 Å².